The number of aryl methyl sites for hydroxylation is 1. The molecule has 2 aromatic rings. The predicted molar refractivity (Wildman–Crippen MR) is 78.3 cm³/mol. The summed E-state index contributed by atoms with van der Waals surface area (Å²) in [7, 11) is 0. The number of nitrogens with zero attached hydrogens (tertiary/aromatic N) is 3. The van der Waals surface area contributed by atoms with Crippen LogP contribution in [0.1, 0.15) is 18.4 Å². The first kappa shape index (κ1) is 12.4. The van der Waals surface area contributed by atoms with Gasteiger partial charge < -0.3 is 10.6 Å². The van der Waals surface area contributed by atoms with Crippen molar-refractivity contribution in [2.45, 2.75) is 19.8 Å². The summed E-state index contributed by atoms with van der Waals surface area (Å²) in [4.78, 5) is 11.2. The van der Waals surface area contributed by atoms with Crippen LogP contribution < -0.4 is 10.6 Å². The Morgan fingerprint density at radius 1 is 1.37 bits per heavy atom. The van der Waals surface area contributed by atoms with Gasteiger partial charge in [-0.1, -0.05) is 6.07 Å². The minimum Gasteiger partial charge on any atom is -0.356 e. The largest absolute Gasteiger partial charge is 0.356 e. The molecule has 1 atom stereocenters. The van der Waals surface area contributed by atoms with Gasteiger partial charge in [-0.15, -0.1) is 0 Å². The van der Waals surface area contributed by atoms with Crippen molar-refractivity contribution in [1.82, 2.24) is 9.97 Å². The van der Waals surface area contributed by atoms with Crippen LogP contribution >= 0.6 is 0 Å². The first-order chi connectivity index (χ1) is 9.28. The number of rotatable bonds is 2. The minimum atomic E-state index is 0.587. The van der Waals surface area contributed by atoms with Gasteiger partial charge in [-0.25, -0.2) is 9.97 Å². The van der Waals surface area contributed by atoms with E-state index < -0.39 is 0 Å². The molecule has 4 nitrogen and oxygen atoms in total. The van der Waals surface area contributed by atoms with E-state index in [1.165, 1.54) is 18.4 Å². The lowest BCUT2D eigenvalue weighted by Gasteiger charge is -2.33. The van der Waals surface area contributed by atoms with Gasteiger partial charge in [0.1, 0.15) is 12.1 Å². The van der Waals surface area contributed by atoms with Crippen molar-refractivity contribution in [2.24, 2.45) is 11.7 Å². The number of piperidine rings is 1. The fourth-order valence-electron chi connectivity index (χ4n) is 2.85. The summed E-state index contributed by atoms with van der Waals surface area (Å²) in [6, 6.07) is 6.37. The average molecular weight is 256 g/mol. The fourth-order valence-corrected chi connectivity index (χ4v) is 2.85. The Labute approximate surface area is 113 Å². The lowest BCUT2D eigenvalue weighted by molar-refractivity contribution is 0.422. The van der Waals surface area contributed by atoms with Gasteiger partial charge in [-0.05, 0) is 49.9 Å². The zero-order valence-electron chi connectivity index (χ0n) is 11.3. The Kier molecular flexibility index (Phi) is 3.34. The van der Waals surface area contributed by atoms with E-state index in [2.05, 4.69) is 40.0 Å². The van der Waals surface area contributed by atoms with Crippen LogP contribution in [0.5, 0.6) is 0 Å². The highest BCUT2D eigenvalue weighted by atomic mass is 15.2. The highest BCUT2D eigenvalue weighted by Gasteiger charge is 2.21. The summed E-state index contributed by atoms with van der Waals surface area (Å²) < 4.78 is 0. The zero-order chi connectivity index (χ0) is 13.2. The Morgan fingerprint density at radius 3 is 3.11 bits per heavy atom. The molecule has 100 valence electrons. The maximum Gasteiger partial charge on any atom is 0.139 e. The molecule has 3 rings (SSSR count). The van der Waals surface area contributed by atoms with Crippen LogP contribution in [0.4, 0.5) is 5.82 Å². The topological polar surface area (TPSA) is 55.0 Å². The molecule has 0 unspecified atom stereocenters. The Morgan fingerprint density at radius 2 is 2.26 bits per heavy atom. The molecule has 0 radical (unpaired) electrons. The van der Waals surface area contributed by atoms with Crippen molar-refractivity contribution in [3.8, 4) is 0 Å². The molecule has 4 heteroatoms. The molecule has 1 aliphatic rings. The van der Waals surface area contributed by atoms with E-state index >= 15 is 0 Å². The van der Waals surface area contributed by atoms with Gasteiger partial charge in [-0.2, -0.15) is 0 Å². The lowest BCUT2D eigenvalue weighted by Crippen LogP contribution is -2.38. The first-order valence-electron chi connectivity index (χ1n) is 6.94. The van der Waals surface area contributed by atoms with Crippen LogP contribution in [0.25, 0.3) is 10.9 Å². The number of hydrogen-bond donors (Lipinski definition) is 1. The van der Waals surface area contributed by atoms with Crippen molar-refractivity contribution < 1.29 is 0 Å². The molecule has 1 fully saturated rings. The number of hydrogen-bond acceptors (Lipinski definition) is 4. The van der Waals surface area contributed by atoms with Crippen LogP contribution in [0.15, 0.2) is 24.5 Å². The molecule has 2 heterocycles. The van der Waals surface area contributed by atoms with Gasteiger partial charge in [0, 0.05) is 18.5 Å². The quantitative estimate of drug-likeness (QED) is 0.894. The number of aromatic nitrogens is 2. The van der Waals surface area contributed by atoms with E-state index in [0.29, 0.717) is 5.92 Å². The zero-order valence-corrected chi connectivity index (χ0v) is 11.3. The van der Waals surface area contributed by atoms with E-state index in [-0.39, 0.29) is 0 Å². The second kappa shape index (κ2) is 5.13. The average Bonchev–Trinajstić information content (AvgIpc) is 2.46. The Bertz CT molecular complexity index is 581. The van der Waals surface area contributed by atoms with Crippen LogP contribution in [-0.2, 0) is 0 Å². The van der Waals surface area contributed by atoms with E-state index in [1.54, 1.807) is 6.33 Å². The minimum absolute atomic E-state index is 0.587. The fraction of sp³-hybridized carbons (Fsp3) is 0.467. The van der Waals surface area contributed by atoms with Gasteiger partial charge in [0.2, 0.25) is 0 Å². The normalized spacial score (nSPS) is 19.9. The van der Waals surface area contributed by atoms with Gasteiger partial charge in [-0.3, -0.25) is 0 Å². The first-order valence-corrected chi connectivity index (χ1v) is 6.94. The molecule has 0 saturated carbocycles. The van der Waals surface area contributed by atoms with Crippen LogP contribution in [-0.4, -0.2) is 29.6 Å². The summed E-state index contributed by atoms with van der Waals surface area (Å²) in [6.45, 7) is 4.93. The van der Waals surface area contributed by atoms with E-state index in [1.807, 2.05) is 0 Å². The van der Waals surface area contributed by atoms with Gasteiger partial charge in [0.25, 0.3) is 0 Å². The summed E-state index contributed by atoms with van der Waals surface area (Å²) in [6.07, 6.45) is 4.09. The van der Waals surface area contributed by atoms with Crippen LogP contribution in [0.2, 0.25) is 0 Å². The molecular weight excluding hydrogens is 236 g/mol. The van der Waals surface area contributed by atoms with Crippen molar-refractivity contribution in [1.29, 1.82) is 0 Å². The summed E-state index contributed by atoms with van der Waals surface area (Å²) >= 11 is 0. The summed E-state index contributed by atoms with van der Waals surface area (Å²) in [5.74, 6) is 1.65. The number of nitrogens with two attached hydrogens (primary N) is 1. The number of fused-ring (bicyclic) bond motifs is 1. The molecule has 2 N–H and O–H groups in total. The Balaban J connectivity index is 2.00. The third kappa shape index (κ3) is 2.40. The second-order valence-electron chi connectivity index (χ2n) is 5.41. The third-order valence-electron chi connectivity index (χ3n) is 3.92. The van der Waals surface area contributed by atoms with Crippen molar-refractivity contribution in [3.05, 3.63) is 30.1 Å². The van der Waals surface area contributed by atoms with Crippen LogP contribution in [0.3, 0.4) is 0 Å². The second-order valence-corrected chi connectivity index (χ2v) is 5.41. The number of benzene rings is 1. The molecule has 1 aliphatic heterocycles. The van der Waals surface area contributed by atoms with Gasteiger partial charge in [0.15, 0.2) is 0 Å². The third-order valence-corrected chi connectivity index (χ3v) is 3.92. The molecule has 1 aromatic carbocycles. The molecule has 19 heavy (non-hydrogen) atoms. The van der Waals surface area contributed by atoms with E-state index in [9.17, 15) is 0 Å². The smallest absolute Gasteiger partial charge is 0.139 e. The van der Waals surface area contributed by atoms with Crippen molar-refractivity contribution in [2.75, 3.05) is 24.5 Å². The van der Waals surface area contributed by atoms with Gasteiger partial charge >= 0.3 is 0 Å². The highest BCUT2D eigenvalue weighted by molar-refractivity contribution is 5.89. The summed E-state index contributed by atoms with van der Waals surface area (Å²) in [5, 5.41) is 1.14. The highest BCUT2D eigenvalue weighted by Crippen LogP contribution is 2.27. The lowest BCUT2D eigenvalue weighted by atomic mass is 9.98. The van der Waals surface area contributed by atoms with E-state index in [4.69, 9.17) is 5.73 Å². The van der Waals surface area contributed by atoms with Gasteiger partial charge in [0.05, 0.1) is 5.52 Å². The maximum atomic E-state index is 5.82. The molecule has 0 aliphatic carbocycles. The molecule has 1 saturated heterocycles. The summed E-state index contributed by atoms with van der Waals surface area (Å²) in [5.41, 5.74) is 8.08. The molecule has 1 aromatic heterocycles. The van der Waals surface area contributed by atoms with Crippen molar-refractivity contribution >= 4 is 16.7 Å². The molecule has 0 spiro atoms. The molecule has 0 bridgehead atoms. The number of anilines is 1. The van der Waals surface area contributed by atoms with Crippen LogP contribution in [0, 0.1) is 12.8 Å². The maximum absolute atomic E-state index is 5.82. The molecule has 0 amide bonds. The SMILES string of the molecule is Cc1ccc2c(N3CCC[C@@H](CN)C3)ncnc2c1. The van der Waals surface area contributed by atoms with E-state index in [0.717, 1.165) is 36.4 Å². The predicted octanol–water partition coefficient (Wildman–Crippen LogP) is 2.11. The standard InChI is InChI=1S/C15H20N4/c1-11-4-5-13-14(7-11)17-10-18-15(13)19-6-2-3-12(8-16)9-19/h4-5,7,10,12H,2-3,6,8-9,16H2,1H3/t12-/m0/s1. The Hall–Kier alpha value is -1.68. The van der Waals surface area contributed by atoms with Crippen molar-refractivity contribution in [3.63, 3.8) is 0 Å². The monoisotopic (exact) mass is 256 g/mol. The molecular formula is C15H20N4.